The first kappa shape index (κ1) is 25.7. The Morgan fingerprint density at radius 1 is 0.917 bits per heavy atom. The number of nitrogens with zero attached hydrogens (tertiary/aromatic N) is 1. The maximum atomic E-state index is 13.8. The first-order chi connectivity index (χ1) is 17.5. The first-order valence-corrected chi connectivity index (χ1v) is 12.8. The molecule has 192 valence electrons. The molecule has 2 aliphatic rings. The minimum absolute atomic E-state index is 0.0335. The Morgan fingerprint density at radius 2 is 1.56 bits per heavy atom. The number of rotatable bonds is 7. The third-order valence-corrected chi connectivity index (χ3v) is 7.17. The van der Waals surface area contributed by atoms with Crippen molar-refractivity contribution in [2.45, 2.75) is 75.9 Å². The number of halogens is 1. The summed E-state index contributed by atoms with van der Waals surface area (Å²) in [6.07, 6.45) is 8.09. The fourth-order valence-corrected chi connectivity index (χ4v) is 5.33. The summed E-state index contributed by atoms with van der Waals surface area (Å²) in [5, 5.41) is 5.76. The Bertz CT molecular complexity index is 1060. The van der Waals surface area contributed by atoms with Crippen LogP contribution >= 0.6 is 0 Å². The molecule has 2 fully saturated rings. The number of benzene rings is 2. The van der Waals surface area contributed by atoms with Gasteiger partial charge in [0.2, 0.25) is 5.91 Å². The molecule has 2 saturated carbocycles. The molecule has 2 aliphatic carbocycles. The van der Waals surface area contributed by atoms with Gasteiger partial charge in [-0.1, -0.05) is 56.4 Å². The highest BCUT2D eigenvalue weighted by Crippen LogP contribution is 2.32. The third kappa shape index (κ3) is 6.04. The van der Waals surface area contributed by atoms with E-state index < -0.39 is 23.7 Å². The van der Waals surface area contributed by atoms with E-state index in [1.54, 1.807) is 24.3 Å². The molecule has 2 aromatic carbocycles. The quantitative estimate of drug-likeness (QED) is 0.544. The topological polar surface area (TPSA) is 87.7 Å². The predicted molar refractivity (Wildman–Crippen MR) is 135 cm³/mol. The molecule has 1 atom stereocenters. The lowest BCUT2D eigenvalue weighted by molar-refractivity contribution is -0.151. The molecule has 7 nitrogen and oxygen atoms in total. The number of amides is 3. The van der Waals surface area contributed by atoms with Crippen LogP contribution in [0.2, 0.25) is 0 Å². The van der Waals surface area contributed by atoms with Gasteiger partial charge in [0.05, 0.1) is 12.8 Å². The van der Waals surface area contributed by atoms with Crippen LogP contribution in [0.5, 0.6) is 5.75 Å². The molecule has 0 heterocycles. The number of para-hydroxylation sites is 2. The van der Waals surface area contributed by atoms with Crippen LogP contribution in [0.1, 0.15) is 69.4 Å². The van der Waals surface area contributed by atoms with Gasteiger partial charge in [0.1, 0.15) is 17.6 Å². The van der Waals surface area contributed by atoms with Crippen molar-refractivity contribution in [2.24, 2.45) is 0 Å². The normalized spacial score (nSPS) is 17.3. The number of nitrogens with one attached hydrogen (secondary N) is 2. The van der Waals surface area contributed by atoms with Gasteiger partial charge in [0.25, 0.3) is 0 Å². The lowest BCUT2D eigenvalue weighted by Gasteiger charge is -2.39. The van der Waals surface area contributed by atoms with Crippen LogP contribution in [0.4, 0.5) is 10.1 Å². The van der Waals surface area contributed by atoms with Crippen molar-refractivity contribution in [2.75, 3.05) is 12.4 Å². The van der Waals surface area contributed by atoms with Gasteiger partial charge in [0.15, 0.2) is 0 Å². The van der Waals surface area contributed by atoms with E-state index in [4.69, 9.17) is 4.74 Å². The van der Waals surface area contributed by atoms with Gasteiger partial charge < -0.3 is 20.3 Å². The van der Waals surface area contributed by atoms with Crippen molar-refractivity contribution in [1.82, 2.24) is 10.2 Å². The van der Waals surface area contributed by atoms with Gasteiger partial charge >= 0.3 is 11.8 Å². The molecule has 0 saturated heterocycles. The molecule has 0 spiro atoms. The van der Waals surface area contributed by atoms with Gasteiger partial charge in [0, 0.05) is 12.1 Å². The Kier molecular flexibility index (Phi) is 8.57. The summed E-state index contributed by atoms with van der Waals surface area (Å²) >= 11 is 0. The largest absolute Gasteiger partial charge is 0.495 e. The molecule has 3 amide bonds. The van der Waals surface area contributed by atoms with Gasteiger partial charge in [-0.25, -0.2) is 4.39 Å². The summed E-state index contributed by atoms with van der Waals surface area (Å²) in [4.78, 5) is 42.2. The second-order valence-electron chi connectivity index (χ2n) is 9.60. The monoisotopic (exact) mass is 495 g/mol. The second-order valence-corrected chi connectivity index (χ2v) is 9.60. The Labute approximate surface area is 211 Å². The summed E-state index contributed by atoms with van der Waals surface area (Å²) in [6.45, 7) is 0. The van der Waals surface area contributed by atoms with Gasteiger partial charge in [-0.2, -0.15) is 0 Å². The number of methoxy groups -OCH3 is 1. The lowest BCUT2D eigenvalue weighted by Crippen LogP contribution is -2.53. The molecule has 0 bridgehead atoms. The van der Waals surface area contributed by atoms with E-state index in [1.807, 2.05) is 0 Å². The molecule has 1 unspecified atom stereocenters. The SMILES string of the molecule is COc1ccccc1NC(=O)C(=O)N(C1CCCCC1)C(C(=O)NC1CCCC1)c1ccc(F)cc1. The highest BCUT2D eigenvalue weighted by Gasteiger charge is 2.40. The number of ether oxygens (including phenoxy) is 1. The Morgan fingerprint density at radius 3 is 2.22 bits per heavy atom. The molecule has 0 aromatic heterocycles. The van der Waals surface area contributed by atoms with Crippen LogP contribution in [-0.2, 0) is 14.4 Å². The Hall–Kier alpha value is -3.42. The average Bonchev–Trinajstić information content (AvgIpc) is 3.41. The van der Waals surface area contributed by atoms with Crippen LogP contribution in [-0.4, -0.2) is 41.8 Å². The lowest BCUT2D eigenvalue weighted by atomic mass is 9.91. The van der Waals surface area contributed by atoms with Gasteiger partial charge in [-0.3, -0.25) is 14.4 Å². The zero-order valence-corrected chi connectivity index (χ0v) is 20.7. The zero-order chi connectivity index (χ0) is 25.5. The zero-order valence-electron chi connectivity index (χ0n) is 20.7. The van der Waals surface area contributed by atoms with Crippen LogP contribution in [0.3, 0.4) is 0 Å². The minimum atomic E-state index is -1.04. The summed E-state index contributed by atoms with van der Waals surface area (Å²) in [5.74, 6) is -1.97. The van der Waals surface area contributed by atoms with Crippen molar-refractivity contribution in [3.63, 3.8) is 0 Å². The van der Waals surface area contributed by atoms with E-state index in [-0.39, 0.29) is 18.0 Å². The highest BCUT2D eigenvalue weighted by atomic mass is 19.1. The fraction of sp³-hybridized carbons (Fsp3) is 0.464. The summed E-state index contributed by atoms with van der Waals surface area (Å²) < 4.78 is 19.1. The summed E-state index contributed by atoms with van der Waals surface area (Å²) in [5.41, 5.74) is 0.853. The molecule has 2 aromatic rings. The molecule has 4 rings (SSSR count). The smallest absolute Gasteiger partial charge is 0.314 e. The predicted octanol–water partition coefficient (Wildman–Crippen LogP) is 4.73. The van der Waals surface area contributed by atoms with Crippen molar-refractivity contribution in [3.05, 3.63) is 59.9 Å². The van der Waals surface area contributed by atoms with E-state index in [9.17, 15) is 18.8 Å². The van der Waals surface area contributed by atoms with Crippen molar-refractivity contribution >= 4 is 23.4 Å². The van der Waals surface area contributed by atoms with E-state index in [0.29, 0.717) is 29.8 Å². The molecule has 8 heteroatoms. The number of carbonyl (C=O) groups excluding carboxylic acids is 3. The number of hydrogen-bond donors (Lipinski definition) is 2. The van der Waals surface area contributed by atoms with Crippen LogP contribution in [0.25, 0.3) is 0 Å². The minimum Gasteiger partial charge on any atom is -0.495 e. The number of carbonyl (C=O) groups is 3. The van der Waals surface area contributed by atoms with Crippen LogP contribution < -0.4 is 15.4 Å². The number of anilines is 1. The maximum Gasteiger partial charge on any atom is 0.314 e. The summed E-state index contributed by atoms with van der Waals surface area (Å²) in [6, 6.07) is 11.2. The third-order valence-electron chi connectivity index (χ3n) is 7.17. The van der Waals surface area contributed by atoms with E-state index in [0.717, 1.165) is 44.9 Å². The van der Waals surface area contributed by atoms with Gasteiger partial charge in [-0.05, 0) is 55.5 Å². The van der Waals surface area contributed by atoms with E-state index in [1.165, 1.54) is 36.3 Å². The molecular weight excluding hydrogens is 461 g/mol. The first-order valence-electron chi connectivity index (χ1n) is 12.8. The summed E-state index contributed by atoms with van der Waals surface area (Å²) in [7, 11) is 1.49. The maximum absolute atomic E-state index is 13.8. The van der Waals surface area contributed by atoms with Gasteiger partial charge in [-0.15, -0.1) is 0 Å². The Balaban J connectivity index is 1.68. The highest BCUT2D eigenvalue weighted by molar-refractivity contribution is 6.40. The van der Waals surface area contributed by atoms with Crippen LogP contribution in [0.15, 0.2) is 48.5 Å². The standard InChI is InChI=1S/C28H34FN3O4/c1-36-24-14-8-7-13-23(24)31-27(34)28(35)32(22-11-3-2-4-12-22)25(19-15-17-20(29)18-16-19)26(33)30-21-9-5-6-10-21/h7-8,13-18,21-22,25H,2-6,9-12H2,1H3,(H,30,33)(H,31,34). The number of hydrogen-bond acceptors (Lipinski definition) is 4. The molecule has 0 aliphatic heterocycles. The van der Waals surface area contributed by atoms with E-state index >= 15 is 0 Å². The van der Waals surface area contributed by atoms with E-state index in [2.05, 4.69) is 10.6 Å². The molecule has 0 radical (unpaired) electrons. The molecule has 2 N–H and O–H groups in total. The van der Waals surface area contributed by atoms with Crippen LogP contribution in [0, 0.1) is 5.82 Å². The van der Waals surface area contributed by atoms with Crippen molar-refractivity contribution in [1.29, 1.82) is 0 Å². The van der Waals surface area contributed by atoms with Crippen molar-refractivity contribution in [3.8, 4) is 5.75 Å². The average molecular weight is 496 g/mol. The van der Waals surface area contributed by atoms with Crippen molar-refractivity contribution < 1.29 is 23.5 Å². The second kappa shape index (κ2) is 12.0. The fourth-order valence-electron chi connectivity index (χ4n) is 5.33. The molecule has 36 heavy (non-hydrogen) atoms. The molecular formula is C28H34FN3O4.